The van der Waals surface area contributed by atoms with Gasteiger partial charge in [-0.15, -0.1) is 23.7 Å². The molecule has 3 rings (SSSR count). The van der Waals surface area contributed by atoms with E-state index in [1.54, 1.807) is 0 Å². The van der Waals surface area contributed by atoms with Gasteiger partial charge in [0.1, 0.15) is 6.04 Å². The van der Waals surface area contributed by atoms with Gasteiger partial charge in [0.15, 0.2) is 5.69 Å². The van der Waals surface area contributed by atoms with Gasteiger partial charge in [0.05, 0.1) is 10.6 Å². The minimum Gasteiger partial charge on any atom is -0.349 e. The maximum atomic E-state index is 13.3. The van der Waals surface area contributed by atoms with E-state index in [2.05, 4.69) is 20.8 Å². The summed E-state index contributed by atoms with van der Waals surface area (Å²) in [6.07, 6.45) is -4.40. The first kappa shape index (κ1) is 20.7. The zero-order chi connectivity index (χ0) is 17.9. The van der Waals surface area contributed by atoms with Crippen LogP contribution in [0.2, 0.25) is 0 Å². The topological polar surface area (TPSA) is 73.1 Å². The number of H-pyrrole nitrogens is 1. The molecule has 3 heterocycles. The maximum Gasteiger partial charge on any atom is 0.405 e. The predicted octanol–water partition coefficient (Wildman–Crippen LogP) is 2.13. The van der Waals surface area contributed by atoms with Crippen molar-refractivity contribution in [2.75, 3.05) is 32.7 Å². The van der Waals surface area contributed by atoms with Gasteiger partial charge in [-0.05, 0) is 17.5 Å². The van der Waals surface area contributed by atoms with Gasteiger partial charge in [-0.2, -0.15) is 18.3 Å². The summed E-state index contributed by atoms with van der Waals surface area (Å²) in [6.45, 7) is 1.10. The first-order chi connectivity index (χ1) is 11.9. The summed E-state index contributed by atoms with van der Waals surface area (Å²) in [7, 11) is 0. The molecule has 11 heteroatoms. The number of nitrogens with zero attached hydrogens (tertiary/aromatic N) is 2. The Hall–Kier alpha value is -1.62. The number of aromatic nitrogens is 2. The normalized spacial score (nSPS) is 16.7. The first-order valence-electron chi connectivity index (χ1n) is 7.84. The second kappa shape index (κ2) is 8.85. The standard InChI is InChI=1S/C15H18F3N5OS.ClH/c16-15(17,18)13(23-5-3-19-4-6-23)9-20-14(24)11-8-10(21-22-11)12-2-1-7-25-12;/h1-2,7-8,13,19H,3-6,9H2,(H,20,24)(H,21,22);1H. The molecule has 2 aromatic heterocycles. The van der Waals surface area contributed by atoms with Crippen molar-refractivity contribution in [1.29, 1.82) is 0 Å². The Labute approximate surface area is 158 Å². The van der Waals surface area contributed by atoms with E-state index < -0.39 is 24.7 Å². The molecule has 6 nitrogen and oxygen atoms in total. The molecule has 1 aliphatic heterocycles. The highest BCUT2D eigenvalue weighted by Gasteiger charge is 2.43. The Morgan fingerprint density at radius 2 is 2.12 bits per heavy atom. The molecule has 1 unspecified atom stereocenters. The molecule has 1 amide bonds. The maximum absolute atomic E-state index is 13.3. The lowest BCUT2D eigenvalue weighted by molar-refractivity contribution is -0.183. The van der Waals surface area contributed by atoms with E-state index in [1.165, 1.54) is 22.3 Å². The first-order valence-corrected chi connectivity index (χ1v) is 8.72. The van der Waals surface area contributed by atoms with E-state index in [0.29, 0.717) is 31.9 Å². The lowest BCUT2D eigenvalue weighted by Gasteiger charge is -2.35. The Morgan fingerprint density at radius 1 is 1.38 bits per heavy atom. The number of carbonyl (C=O) groups is 1. The van der Waals surface area contributed by atoms with Crippen molar-refractivity contribution in [3.8, 4) is 10.6 Å². The second-order valence-electron chi connectivity index (χ2n) is 5.70. The largest absolute Gasteiger partial charge is 0.405 e. The SMILES string of the molecule is Cl.O=C(NCC(N1CCNCC1)C(F)(F)F)c1cc(-c2cccs2)[nH]n1. The summed E-state index contributed by atoms with van der Waals surface area (Å²) < 4.78 is 39.9. The summed E-state index contributed by atoms with van der Waals surface area (Å²) in [5.41, 5.74) is 0.735. The number of halogens is 4. The third kappa shape index (κ3) is 4.97. The summed E-state index contributed by atoms with van der Waals surface area (Å²) in [4.78, 5) is 14.4. The number of carbonyl (C=O) groups excluding carboxylic acids is 1. The monoisotopic (exact) mass is 409 g/mol. The molecule has 0 aromatic carbocycles. The van der Waals surface area contributed by atoms with Crippen LogP contribution in [0.3, 0.4) is 0 Å². The van der Waals surface area contributed by atoms with Gasteiger partial charge in [-0.25, -0.2) is 0 Å². The fourth-order valence-electron chi connectivity index (χ4n) is 2.72. The van der Waals surface area contributed by atoms with E-state index in [9.17, 15) is 18.0 Å². The number of amides is 1. The number of rotatable bonds is 5. The minimum absolute atomic E-state index is 0. The van der Waals surface area contributed by atoms with Crippen LogP contribution >= 0.6 is 23.7 Å². The Balaban J connectivity index is 0.00000243. The van der Waals surface area contributed by atoms with Crippen molar-refractivity contribution >= 4 is 29.7 Å². The van der Waals surface area contributed by atoms with Gasteiger partial charge < -0.3 is 10.6 Å². The average molecular weight is 410 g/mol. The van der Waals surface area contributed by atoms with Crippen LogP contribution in [0.1, 0.15) is 10.5 Å². The number of piperazine rings is 1. The van der Waals surface area contributed by atoms with Crippen molar-refractivity contribution in [2.24, 2.45) is 0 Å². The summed E-state index contributed by atoms with van der Waals surface area (Å²) in [6, 6.07) is 3.56. The van der Waals surface area contributed by atoms with Gasteiger partial charge in [-0.3, -0.25) is 14.8 Å². The van der Waals surface area contributed by atoms with Crippen molar-refractivity contribution in [2.45, 2.75) is 12.2 Å². The fourth-order valence-corrected chi connectivity index (χ4v) is 3.41. The molecule has 0 bridgehead atoms. The smallest absolute Gasteiger partial charge is 0.349 e. The molecule has 0 aliphatic carbocycles. The van der Waals surface area contributed by atoms with Crippen LogP contribution in [0, 0.1) is 0 Å². The highest BCUT2D eigenvalue weighted by molar-refractivity contribution is 7.13. The zero-order valence-electron chi connectivity index (χ0n) is 13.7. The van der Waals surface area contributed by atoms with E-state index in [0.717, 1.165) is 4.88 Å². The molecular weight excluding hydrogens is 391 g/mol. The van der Waals surface area contributed by atoms with Gasteiger partial charge >= 0.3 is 6.18 Å². The van der Waals surface area contributed by atoms with Crippen molar-refractivity contribution in [3.05, 3.63) is 29.3 Å². The number of aromatic amines is 1. The zero-order valence-corrected chi connectivity index (χ0v) is 15.3. The fraction of sp³-hybridized carbons (Fsp3) is 0.467. The Bertz CT molecular complexity index is 700. The molecule has 2 aromatic rings. The van der Waals surface area contributed by atoms with Crippen molar-refractivity contribution in [1.82, 2.24) is 25.7 Å². The molecule has 0 radical (unpaired) electrons. The van der Waals surface area contributed by atoms with Crippen molar-refractivity contribution in [3.63, 3.8) is 0 Å². The lowest BCUT2D eigenvalue weighted by Crippen LogP contribution is -2.57. The number of nitrogens with one attached hydrogen (secondary N) is 3. The molecule has 1 atom stereocenters. The van der Waals surface area contributed by atoms with Crippen LogP contribution in [0.25, 0.3) is 10.6 Å². The van der Waals surface area contributed by atoms with Crippen LogP contribution in [-0.2, 0) is 0 Å². The molecule has 26 heavy (non-hydrogen) atoms. The van der Waals surface area contributed by atoms with E-state index in [4.69, 9.17) is 0 Å². The molecule has 0 spiro atoms. The Morgan fingerprint density at radius 3 is 2.73 bits per heavy atom. The molecular formula is C15H19ClF3N5OS. The van der Waals surface area contributed by atoms with E-state index in [1.807, 2.05) is 17.5 Å². The molecule has 1 aliphatic rings. The Kier molecular flexibility index (Phi) is 7.04. The van der Waals surface area contributed by atoms with Gasteiger partial charge in [0, 0.05) is 32.7 Å². The minimum atomic E-state index is -4.40. The average Bonchev–Trinajstić information content (AvgIpc) is 3.26. The van der Waals surface area contributed by atoms with Crippen LogP contribution in [0.4, 0.5) is 13.2 Å². The predicted molar refractivity (Wildman–Crippen MR) is 95.8 cm³/mol. The highest BCUT2D eigenvalue weighted by Crippen LogP contribution is 2.25. The highest BCUT2D eigenvalue weighted by atomic mass is 35.5. The second-order valence-corrected chi connectivity index (χ2v) is 6.65. The molecule has 0 saturated carbocycles. The molecule has 144 valence electrons. The lowest BCUT2D eigenvalue weighted by atomic mass is 10.2. The molecule has 1 saturated heterocycles. The number of thiophene rings is 1. The van der Waals surface area contributed by atoms with Gasteiger partial charge in [0.2, 0.25) is 0 Å². The summed E-state index contributed by atoms with van der Waals surface area (Å²) >= 11 is 1.48. The van der Waals surface area contributed by atoms with Crippen LogP contribution < -0.4 is 10.6 Å². The third-order valence-electron chi connectivity index (χ3n) is 4.02. The van der Waals surface area contributed by atoms with Gasteiger partial charge in [-0.1, -0.05) is 6.07 Å². The third-order valence-corrected chi connectivity index (χ3v) is 4.93. The van der Waals surface area contributed by atoms with E-state index >= 15 is 0 Å². The van der Waals surface area contributed by atoms with E-state index in [-0.39, 0.29) is 18.1 Å². The summed E-state index contributed by atoms with van der Waals surface area (Å²) in [5, 5.41) is 13.9. The summed E-state index contributed by atoms with van der Waals surface area (Å²) in [5.74, 6) is -0.622. The quantitative estimate of drug-likeness (QED) is 0.707. The molecule has 1 fully saturated rings. The van der Waals surface area contributed by atoms with Crippen molar-refractivity contribution < 1.29 is 18.0 Å². The number of hydrogen-bond donors (Lipinski definition) is 3. The van der Waals surface area contributed by atoms with Crippen LogP contribution in [0.15, 0.2) is 23.6 Å². The molecule has 3 N–H and O–H groups in total. The number of hydrogen-bond acceptors (Lipinski definition) is 5. The van der Waals surface area contributed by atoms with Crippen LogP contribution in [0.5, 0.6) is 0 Å². The van der Waals surface area contributed by atoms with Gasteiger partial charge in [0.25, 0.3) is 5.91 Å². The van der Waals surface area contributed by atoms with Crippen LogP contribution in [-0.4, -0.2) is 65.9 Å². The number of alkyl halides is 3.